The Hall–Kier alpha value is -5.88. The maximum atomic E-state index is 9.59. The Balaban J connectivity index is 1.38. The first-order valence-corrected chi connectivity index (χ1v) is 14.8. The zero-order chi connectivity index (χ0) is 28.7. The van der Waals surface area contributed by atoms with Crippen LogP contribution in [-0.2, 0) is 0 Å². The third-order valence-corrected chi connectivity index (χ3v) is 9.64. The number of nitrogens with zero attached hydrogens (tertiary/aromatic N) is 4. The number of aromatic nitrogens is 2. The summed E-state index contributed by atoms with van der Waals surface area (Å²) >= 11 is 1.82. The fraction of sp³-hybridized carbons (Fsp3) is 0. The highest BCUT2D eigenvalue weighted by atomic mass is 32.1. The Morgan fingerprint density at radius 3 is 1.84 bits per heavy atom. The van der Waals surface area contributed by atoms with Crippen molar-refractivity contribution in [3.63, 3.8) is 0 Å². The molecule has 0 saturated carbocycles. The summed E-state index contributed by atoms with van der Waals surface area (Å²) in [6.07, 6.45) is 0. The van der Waals surface area contributed by atoms with E-state index < -0.39 is 0 Å². The number of hydrogen-bond donors (Lipinski definition) is 0. The van der Waals surface area contributed by atoms with Crippen LogP contribution in [0.1, 0.15) is 5.56 Å². The standard InChI is InChI=1S/C38H20N4S/c1-40-24-17-25(41-33-11-5-2-8-27(33)30-16-23(22-39)14-15-35(30)41)19-26(18-24)42-34-12-6-3-9-28(34)31-20-32-29-10-4-7-13-37(29)43-38(32)21-36(31)42/h2-21H. The minimum atomic E-state index is 0.570. The zero-order valence-electron chi connectivity index (χ0n) is 22.7. The molecule has 4 nitrogen and oxygen atoms in total. The minimum Gasteiger partial charge on any atom is -0.310 e. The molecule has 9 rings (SSSR count). The molecule has 0 saturated heterocycles. The molecule has 0 aliphatic heterocycles. The van der Waals surface area contributed by atoms with E-state index in [1.54, 1.807) is 0 Å². The normalized spacial score (nSPS) is 11.7. The van der Waals surface area contributed by atoms with Crippen LogP contribution in [0.2, 0.25) is 0 Å². The molecule has 6 aromatic carbocycles. The Kier molecular flexibility index (Phi) is 4.87. The van der Waals surface area contributed by atoms with Crippen LogP contribution in [0, 0.1) is 17.9 Å². The van der Waals surface area contributed by atoms with Crippen molar-refractivity contribution in [3.05, 3.63) is 138 Å². The predicted molar refractivity (Wildman–Crippen MR) is 179 cm³/mol. The summed E-state index contributed by atoms with van der Waals surface area (Å²) in [6, 6.07) is 44.3. The van der Waals surface area contributed by atoms with Crippen LogP contribution in [0.5, 0.6) is 0 Å². The summed E-state index contributed by atoms with van der Waals surface area (Å²) < 4.78 is 7.04. The number of thiophene rings is 1. The molecule has 198 valence electrons. The molecule has 0 N–H and O–H groups in total. The van der Waals surface area contributed by atoms with Crippen molar-refractivity contribution in [2.75, 3.05) is 0 Å². The molecule has 0 fully saturated rings. The molecule has 43 heavy (non-hydrogen) atoms. The maximum absolute atomic E-state index is 9.59. The molecular formula is C38H20N4S. The van der Waals surface area contributed by atoms with Gasteiger partial charge in [0.15, 0.2) is 5.69 Å². The molecule has 0 aliphatic rings. The van der Waals surface area contributed by atoms with Gasteiger partial charge in [0.1, 0.15) is 0 Å². The predicted octanol–water partition coefficient (Wildman–Crippen LogP) is 10.7. The summed E-state index contributed by atoms with van der Waals surface area (Å²) in [5, 5.41) is 16.6. The molecule has 9 aromatic rings. The molecule has 5 heteroatoms. The van der Waals surface area contributed by atoms with Gasteiger partial charge in [0.2, 0.25) is 0 Å². The van der Waals surface area contributed by atoms with E-state index in [-0.39, 0.29) is 0 Å². The quantitative estimate of drug-likeness (QED) is 0.192. The number of hydrogen-bond acceptors (Lipinski definition) is 2. The summed E-state index contributed by atoms with van der Waals surface area (Å²) in [6.45, 7) is 8.03. The van der Waals surface area contributed by atoms with E-state index in [0.29, 0.717) is 11.3 Å². The number of para-hydroxylation sites is 2. The second-order valence-electron chi connectivity index (χ2n) is 10.8. The molecule has 0 amide bonds. The first-order chi connectivity index (χ1) is 21.2. The van der Waals surface area contributed by atoms with E-state index in [1.165, 1.54) is 30.9 Å². The minimum absolute atomic E-state index is 0.570. The van der Waals surface area contributed by atoms with Gasteiger partial charge >= 0.3 is 0 Å². The fourth-order valence-corrected chi connectivity index (χ4v) is 7.81. The van der Waals surface area contributed by atoms with Crippen LogP contribution in [0.25, 0.3) is 80.0 Å². The van der Waals surface area contributed by atoms with Gasteiger partial charge in [0.05, 0.1) is 40.3 Å². The first-order valence-electron chi connectivity index (χ1n) is 14.0. The molecule has 0 spiro atoms. The van der Waals surface area contributed by atoms with E-state index in [4.69, 9.17) is 6.57 Å². The highest BCUT2D eigenvalue weighted by molar-refractivity contribution is 7.25. The van der Waals surface area contributed by atoms with Gasteiger partial charge in [-0.3, -0.25) is 0 Å². The fourth-order valence-electron chi connectivity index (χ4n) is 6.69. The van der Waals surface area contributed by atoms with Crippen LogP contribution in [0.15, 0.2) is 121 Å². The highest BCUT2D eigenvalue weighted by Gasteiger charge is 2.18. The number of fused-ring (bicyclic) bond motifs is 9. The van der Waals surface area contributed by atoms with Gasteiger partial charge in [0, 0.05) is 53.1 Å². The summed E-state index contributed by atoms with van der Waals surface area (Å²) in [5.41, 5.74) is 7.31. The van der Waals surface area contributed by atoms with E-state index in [0.717, 1.165) is 44.2 Å². The van der Waals surface area contributed by atoms with Gasteiger partial charge in [-0.2, -0.15) is 5.26 Å². The molecule has 0 unspecified atom stereocenters. The van der Waals surface area contributed by atoms with Crippen molar-refractivity contribution in [1.82, 2.24) is 9.13 Å². The van der Waals surface area contributed by atoms with E-state index in [1.807, 2.05) is 53.8 Å². The molecule has 0 aliphatic carbocycles. The third kappa shape index (κ3) is 3.35. The Bertz CT molecular complexity index is 2710. The van der Waals surface area contributed by atoms with Crippen LogP contribution >= 0.6 is 11.3 Å². The lowest BCUT2D eigenvalue weighted by Crippen LogP contribution is -1.98. The molecule has 3 aromatic heterocycles. The molecule has 0 bridgehead atoms. The van der Waals surface area contributed by atoms with Gasteiger partial charge in [0.25, 0.3) is 0 Å². The lowest BCUT2D eigenvalue weighted by atomic mass is 10.1. The first kappa shape index (κ1) is 23.8. The lowest BCUT2D eigenvalue weighted by Gasteiger charge is -2.14. The molecule has 0 atom stereocenters. The number of rotatable bonds is 2. The Morgan fingerprint density at radius 2 is 1.14 bits per heavy atom. The van der Waals surface area contributed by atoms with Crippen LogP contribution in [0.3, 0.4) is 0 Å². The van der Waals surface area contributed by atoms with Gasteiger partial charge in [-0.15, -0.1) is 11.3 Å². The van der Waals surface area contributed by atoms with E-state index in [2.05, 4.69) is 98.9 Å². The van der Waals surface area contributed by atoms with Gasteiger partial charge < -0.3 is 9.13 Å². The number of nitriles is 1. The van der Waals surface area contributed by atoms with Crippen molar-refractivity contribution in [3.8, 4) is 17.4 Å². The second kappa shape index (κ2) is 8.81. The van der Waals surface area contributed by atoms with Crippen molar-refractivity contribution in [2.45, 2.75) is 0 Å². The van der Waals surface area contributed by atoms with Crippen molar-refractivity contribution in [2.24, 2.45) is 0 Å². The summed E-state index contributed by atoms with van der Waals surface area (Å²) in [5.74, 6) is 0. The molecule has 0 radical (unpaired) electrons. The average molecular weight is 565 g/mol. The monoisotopic (exact) mass is 564 g/mol. The van der Waals surface area contributed by atoms with Gasteiger partial charge in [-0.05, 0) is 66.7 Å². The van der Waals surface area contributed by atoms with Crippen LogP contribution < -0.4 is 0 Å². The number of benzene rings is 6. The zero-order valence-corrected chi connectivity index (χ0v) is 23.6. The van der Waals surface area contributed by atoms with Gasteiger partial charge in [-0.1, -0.05) is 54.6 Å². The largest absolute Gasteiger partial charge is 0.310 e. The summed E-state index contributed by atoms with van der Waals surface area (Å²) in [4.78, 5) is 3.92. The van der Waals surface area contributed by atoms with Gasteiger partial charge in [-0.25, -0.2) is 4.85 Å². The second-order valence-corrected chi connectivity index (χ2v) is 11.9. The van der Waals surface area contributed by atoms with E-state index in [9.17, 15) is 5.26 Å². The molecule has 3 heterocycles. The van der Waals surface area contributed by atoms with Crippen LogP contribution in [0.4, 0.5) is 5.69 Å². The molecular weight excluding hydrogens is 545 g/mol. The Morgan fingerprint density at radius 1 is 0.535 bits per heavy atom. The maximum Gasteiger partial charge on any atom is 0.191 e. The topological polar surface area (TPSA) is 38.0 Å². The SMILES string of the molecule is [C-]#[N+]c1cc(-n2c3ccccc3c3cc(C#N)ccc32)cc(-n2c3ccccc3c3cc4c(cc32)sc2ccccc24)c1. The highest BCUT2D eigenvalue weighted by Crippen LogP contribution is 2.42. The Labute approximate surface area is 250 Å². The smallest absolute Gasteiger partial charge is 0.191 e. The third-order valence-electron chi connectivity index (χ3n) is 8.51. The van der Waals surface area contributed by atoms with Crippen LogP contribution in [-0.4, -0.2) is 9.13 Å². The van der Waals surface area contributed by atoms with Crippen molar-refractivity contribution >= 4 is 80.8 Å². The average Bonchev–Trinajstić information content (AvgIpc) is 3.70. The van der Waals surface area contributed by atoms with E-state index >= 15 is 0 Å². The van der Waals surface area contributed by atoms with Crippen molar-refractivity contribution < 1.29 is 0 Å². The lowest BCUT2D eigenvalue weighted by molar-refractivity contribution is 1.14. The summed E-state index contributed by atoms with van der Waals surface area (Å²) in [7, 11) is 0. The van der Waals surface area contributed by atoms with Crippen molar-refractivity contribution in [1.29, 1.82) is 5.26 Å².